The molecular weight excluding hydrogens is 363 g/mol. The molecular formula is C20H14BBrO2. The maximum Gasteiger partial charge on any atom is 0.489 e. The predicted octanol–water partition coefficient (Wildman–Crippen LogP) is 4.10. The molecule has 0 radical (unpaired) electrons. The van der Waals surface area contributed by atoms with Crippen molar-refractivity contribution in [3.05, 3.63) is 77.3 Å². The van der Waals surface area contributed by atoms with E-state index in [4.69, 9.17) is 0 Å². The van der Waals surface area contributed by atoms with Gasteiger partial charge in [-0.25, -0.2) is 0 Å². The Kier molecular flexibility index (Phi) is 3.89. The fourth-order valence-corrected chi connectivity index (χ4v) is 3.76. The first-order valence-electron chi connectivity index (χ1n) is 7.72. The van der Waals surface area contributed by atoms with E-state index >= 15 is 0 Å². The maximum absolute atomic E-state index is 9.64. The summed E-state index contributed by atoms with van der Waals surface area (Å²) >= 11 is 3.62. The van der Waals surface area contributed by atoms with Gasteiger partial charge in [-0.05, 0) is 44.2 Å². The molecule has 0 aromatic heterocycles. The molecule has 2 nitrogen and oxygen atoms in total. The van der Waals surface area contributed by atoms with Crippen LogP contribution in [0.4, 0.5) is 0 Å². The van der Waals surface area contributed by atoms with Crippen molar-refractivity contribution in [2.24, 2.45) is 0 Å². The molecule has 0 heterocycles. The van der Waals surface area contributed by atoms with Crippen LogP contribution in [-0.4, -0.2) is 17.2 Å². The largest absolute Gasteiger partial charge is 0.489 e. The lowest BCUT2D eigenvalue weighted by Crippen LogP contribution is -2.30. The minimum Gasteiger partial charge on any atom is -0.423 e. The van der Waals surface area contributed by atoms with Gasteiger partial charge in [-0.15, -0.1) is 0 Å². The predicted molar refractivity (Wildman–Crippen MR) is 104 cm³/mol. The molecule has 4 rings (SSSR count). The second-order valence-corrected chi connectivity index (χ2v) is 6.62. The fourth-order valence-electron chi connectivity index (χ4n) is 3.28. The molecule has 0 unspecified atom stereocenters. The Balaban J connectivity index is 2.09. The van der Waals surface area contributed by atoms with Crippen LogP contribution in [0.15, 0.2) is 77.3 Å². The number of halogens is 1. The van der Waals surface area contributed by atoms with Crippen LogP contribution in [0.25, 0.3) is 32.7 Å². The highest BCUT2D eigenvalue weighted by Crippen LogP contribution is 2.36. The molecule has 0 bridgehead atoms. The van der Waals surface area contributed by atoms with Gasteiger partial charge in [0.05, 0.1) is 0 Å². The summed E-state index contributed by atoms with van der Waals surface area (Å²) in [7, 11) is -1.48. The average Bonchev–Trinajstić information content (AvgIpc) is 2.61. The van der Waals surface area contributed by atoms with Gasteiger partial charge in [-0.1, -0.05) is 82.7 Å². The Morgan fingerprint density at radius 1 is 0.583 bits per heavy atom. The molecule has 2 N–H and O–H groups in total. The average molecular weight is 377 g/mol. The smallest absolute Gasteiger partial charge is 0.423 e. The topological polar surface area (TPSA) is 40.5 Å². The normalized spacial score (nSPS) is 11.1. The van der Waals surface area contributed by atoms with Crippen LogP contribution >= 0.6 is 15.9 Å². The monoisotopic (exact) mass is 376 g/mol. The van der Waals surface area contributed by atoms with Gasteiger partial charge in [0, 0.05) is 4.47 Å². The summed E-state index contributed by atoms with van der Waals surface area (Å²) in [6.45, 7) is 0. The molecule has 0 aliphatic rings. The first-order valence-corrected chi connectivity index (χ1v) is 8.51. The van der Waals surface area contributed by atoms with Crippen molar-refractivity contribution in [2.45, 2.75) is 0 Å². The molecule has 0 aliphatic carbocycles. The summed E-state index contributed by atoms with van der Waals surface area (Å²) < 4.78 is 1.06. The van der Waals surface area contributed by atoms with Gasteiger partial charge in [0.15, 0.2) is 0 Å². The highest BCUT2D eigenvalue weighted by molar-refractivity contribution is 9.10. The lowest BCUT2D eigenvalue weighted by molar-refractivity contribution is 0.426. The molecule has 0 atom stereocenters. The zero-order chi connectivity index (χ0) is 16.7. The van der Waals surface area contributed by atoms with E-state index in [-0.39, 0.29) is 0 Å². The van der Waals surface area contributed by atoms with Crippen molar-refractivity contribution in [3.8, 4) is 11.1 Å². The van der Waals surface area contributed by atoms with Gasteiger partial charge in [-0.2, -0.15) is 0 Å². The molecule has 24 heavy (non-hydrogen) atoms. The van der Waals surface area contributed by atoms with Gasteiger partial charge in [0.1, 0.15) is 0 Å². The zero-order valence-electron chi connectivity index (χ0n) is 12.8. The van der Waals surface area contributed by atoms with Crippen LogP contribution in [-0.2, 0) is 0 Å². The Bertz CT molecular complexity index is 1060. The quantitative estimate of drug-likeness (QED) is 0.517. The van der Waals surface area contributed by atoms with Crippen molar-refractivity contribution in [1.82, 2.24) is 0 Å². The van der Waals surface area contributed by atoms with Crippen molar-refractivity contribution in [2.75, 3.05) is 0 Å². The SMILES string of the molecule is OB(O)c1ccc(-c2ccc(Br)c3ccccc23)c2ccccc12. The summed E-state index contributed by atoms with van der Waals surface area (Å²) in [5.41, 5.74) is 2.73. The summed E-state index contributed by atoms with van der Waals surface area (Å²) in [5.74, 6) is 0. The van der Waals surface area contributed by atoms with Crippen LogP contribution in [0.2, 0.25) is 0 Å². The molecule has 4 heteroatoms. The number of fused-ring (bicyclic) bond motifs is 2. The van der Waals surface area contributed by atoms with E-state index in [0.717, 1.165) is 37.1 Å². The van der Waals surface area contributed by atoms with E-state index in [9.17, 15) is 10.0 Å². The molecule has 0 fully saturated rings. The van der Waals surface area contributed by atoms with Crippen molar-refractivity contribution in [3.63, 3.8) is 0 Å². The van der Waals surface area contributed by atoms with Gasteiger partial charge in [-0.3, -0.25) is 0 Å². The molecule has 4 aromatic carbocycles. The minimum atomic E-state index is -1.48. The van der Waals surface area contributed by atoms with Crippen LogP contribution in [0.5, 0.6) is 0 Å². The third-order valence-corrected chi connectivity index (χ3v) is 5.09. The highest BCUT2D eigenvalue weighted by Gasteiger charge is 2.17. The highest BCUT2D eigenvalue weighted by atomic mass is 79.9. The molecule has 4 aromatic rings. The lowest BCUT2D eigenvalue weighted by atomic mass is 9.76. The summed E-state index contributed by atoms with van der Waals surface area (Å²) in [6, 6.07) is 24.0. The van der Waals surface area contributed by atoms with E-state index in [2.05, 4.69) is 40.2 Å². The second-order valence-electron chi connectivity index (χ2n) is 5.76. The molecule has 0 saturated carbocycles. The van der Waals surface area contributed by atoms with Crippen molar-refractivity contribution >= 4 is 50.1 Å². The third-order valence-electron chi connectivity index (χ3n) is 4.40. The lowest BCUT2D eigenvalue weighted by Gasteiger charge is -2.14. The summed E-state index contributed by atoms with van der Waals surface area (Å²) in [6.07, 6.45) is 0. The molecule has 116 valence electrons. The van der Waals surface area contributed by atoms with E-state index in [1.165, 1.54) is 0 Å². The van der Waals surface area contributed by atoms with E-state index in [1.807, 2.05) is 42.5 Å². The first-order chi connectivity index (χ1) is 11.7. The summed E-state index contributed by atoms with van der Waals surface area (Å²) in [5, 5.41) is 23.5. The van der Waals surface area contributed by atoms with Gasteiger partial charge in [0.2, 0.25) is 0 Å². The van der Waals surface area contributed by atoms with Crippen LogP contribution in [0.1, 0.15) is 0 Å². The Morgan fingerprint density at radius 2 is 1.08 bits per heavy atom. The van der Waals surface area contributed by atoms with E-state index in [0.29, 0.717) is 5.46 Å². The number of rotatable bonds is 2. The van der Waals surface area contributed by atoms with Gasteiger partial charge in [0.25, 0.3) is 0 Å². The minimum absolute atomic E-state index is 0.524. The van der Waals surface area contributed by atoms with Crippen LogP contribution < -0.4 is 5.46 Å². The first kappa shape index (κ1) is 15.4. The Morgan fingerprint density at radius 3 is 1.71 bits per heavy atom. The number of hydrogen-bond acceptors (Lipinski definition) is 2. The maximum atomic E-state index is 9.64. The molecule has 0 amide bonds. The van der Waals surface area contributed by atoms with Crippen molar-refractivity contribution in [1.29, 1.82) is 0 Å². The number of benzene rings is 4. The molecule has 0 spiro atoms. The van der Waals surface area contributed by atoms with Gasteiger partial charge < -0.3 is 10.0 Å². The van der Waals surface area contributed by atoms with E-state index < -0.39 is 7.12 Å². The Hall–Kier alpha value is -2.14. The van der Waals surface area contributed by atoms with E-state index in [1.54, 1.807) is 6.07 Å². The van der Waals surface area contributed by atoms with Crippen molar-refractivity contribution < 1.29 is 10.0 Å². The zero-order valence-corrected chi connectivity index (χ0v) is 14.4. The number of hydrogen-bond donors (Lipinski definition) is 2. The van der Waals surface area contributed by atoms with Crippen LogP contribution in [0.3, 0.4) is 0 Å². The standard InChI is InChI=1S/C20H14BBrO2/c22-20-12-10-16(14-6-2-4-8-18(14)20)15-9-11-19(21(23)24)17-7-3-1-5-13(15)17/h1-12,23-24H. The molecule has 0 aliphatic heterocycles. The van der Waals surface area contributed by atoms with Crippen LogP contribution in [0, 0.1) is 0 Å². The second kappa shape index (κ2) is 6.06. The fraction of sp³-hybridized carbons (Fsp3) is 0. The summed E-state index contributed by atoms with van der Waals surface area (Å²) in [4.78, 5) is 0. The van der Waals surface area contributed by atoms with Gasteiger partial charge >= 0.3 is 7.12 Å². The third kappa shape index (κ3) is 2.44. The molecule has 0 saturated heterocycles. The Labute approximate surface area is 148 Å².